The van der Waals surface area contributed by atoms with Crippen LogP contribution in [0, 0.1) is 11.8 Å². The summed E-state index contributed by atoms with van der Waals surface area (Å²) in [6.07, 6.45) is -4.56. The van der Waals surface area contributed by atoms with Crippen molar-refractivity contribution in [3.05, 3.63) is 34.4 Å². The molecule has 0 saturated carbocycles. The molecule has 2 heterocycles. The molecule has 1 aromatic carbocycles. The molecule has 126 valence electrons. The lowest BCUT2D eigenvalue weighted by molar-refractivity contribution is -0.138. The third kappa shape index (κ3) is 3.27. The smallest absolute Gasteiger partial charge is 0.329 e. The van der Waals surface area contributed by atoms with Crippen molar-refractivity contribution in [1.29, 1.82) is 0 Å². The number of alkyl halides is 3. The fourth-order valence-corrected chi connectivity index (χ4v) is 2.97. The van der Waals surface area contributed by atoms with E-state index in [0.29, 0.717) is 30.8 Å². The Labute approximate surface area is 144 Å². The highest BCUT2D eigenvalue weighted by molar-refractivity contribution is 6.01. The molecule has 1 saturated heterocycles. The Morgan fingerprint density at radius 3 is 2.61 bits per heavy atom. The van der Waals surface area contributed by atoms with Crippen molar-refractivity contribution in [3.8, 4) is 11.8 Å². The molecule has 0 spiro atoms. The summed E-state index contributed by atoms with van der Waals surface area (Å²) < 4.78 is 39.8. The first kappa shape index (κ1) is 19.6. The summed E-state index contributed by atoms with van der Waals surface area (Å²) in [4.78, 5) is 13.8. The summed E-state index contributed by atoms with van der Waals surface area (Å²) in [5.74, 6) is 4.74. The molecule has 1 amide bonds. The second-order valence-corrected chi connectivity index (χ2v) is 5.08. The number of fused-ring (bicyclic) bond motifs is 3. The fourth-order valence-electron chi connectivity index (χ4n) is 2.97. The monoisotopic (exact) mass is 366 g/mol. The summed E-state index contributed by atoms with van der Waals surface area (Å²) in [5, 5.41) is 3.12. The molecule has 1 N–H and O–H groups in total. The van der Waals surface area contributed by atoms with E-state index in [2.05, 4.69) is 17.2 Å². The van der Waals surface area contributed by atoms with E-state index >= 15 is 0 Å². The van der Waals surface area contributed by atoms with E-state index in [0.717, 1.165) is 6.07 Å². The molecule has 0 bridgehead atoms. The van der Waals surface area contributed by atoms with Gasteiger partial charge < -0.3 is 10.2 Å². The van der Waals surface area contributed by atoms with Crippen LogP contribution >= 0.6 is 24.8 Å². The number of nitrogens with zero attached hydrogens (tertiary/aromatic N) is 1. The first-order chi connectivity index (χ1) is 9.93. The Morgan fingerprint density at radius 2 is 2.00 bits per heavy atom. The summed E-state index contributed by atoms with van der Waals surface area (Å²) >= 11 is 0. The highest BCUT2D eigenvalue weighted by Crippen LogP contribution is 2.42. The molecule has 0 radical (unpaired) electrons. The SMILES string of the molecule is CC#Cc1cc2c(c(C(F)(F)F)c1)C(=O)N1CCNC[C@@H]21.Cl.Cl. The minimum Gasteiger partial charge on any atom is -0.329 e. The quantitative estimate of drug-likeness (QED) is 0.715. The van der Waals surface area contributed by atoms with Gasteiger partial charge in [0, 0.05) is 25.2 Å². The van der Waals surface area contributed by atoms with Crippen molar-refractivity contribution in [1.82, 2.24) is 10.2 Å². The minimum atomic E-state index is -4.56. The number of carbonyl (C=O) groups excluding carboxylic acids is 1. The van der Waals surface area contributed by atoms with Gasteiger partial charge in [-0.3, -0.25) is 4.79 Å². The Hall–Kier alpha value is -1.42. The molecule has 2 aliphatic rings. The number of nitrogens with one attached hydrogen (secondary N) is 1. The Kier molecular flexibility index (Phi) is 5.97. The fraction of sp³-hybridized carbons (Fsp3) is 0.400. The maximum atomic E-state index is 13.3. The largest absolute Gasteiger partial charge is 0.417 e. The van der Waals surface area contributed by atoms with Gasteiger partial charge in [-0.2, -0.15) is 13.2 Å². The number of amides is 1. The number of rotatable bonds is 0. The highest BCUT2D eigenvalue weighted by Gasteiger charge is 2.45. The number of halogens is 5. The van der Waals surface area contributed by atoms with Crippen LogP contribution < -0.4 is 5.32 Å². The average Bonchev–Trinajstić information content (AvgIpc) is 2.72. The lowest BCUT2D eigenvalue weighted by Crippen LogP contribution is -2.44. The van der Waals surface area contributed by atoms with Crippen LogP contribution in [-0.2, 0) is 6.18 Å². The lowest BCUT2D eigenvalue weighted by atomic mass is 9.95. The predicted octanol–water partition coefficient (Wildman–Crippen LogP) is 3.02. The zero-order valence-electron chi connectivity index (χ0n) is 12.2. The molecular weight excluding hydrogens is 352 g/mol. The molecule has 23 heavy (non-hydrogen) atoms. The molecular formula is C15H15Cl2F3N2O. The summed E-state index contributed by atoms with van der Waals surface area (Å²) in [6, 6.07) is 2.25. The highest BCUT2D eigenvalue weighted by atomic mass is 35.5. The molecule has 1 fully saturated rings. The van der Waals surface area contributed by atoms with Crippen molar-refractivity contribution in [2.45, 2.75) is 19.1 Å². The number of piperazine rings is 1. The molecule has 0 aliphatic carbocycles. The van der Waals surface area contributed by atoms with Crippen LogP contribution in [0.4, 0.5) is 13.2 Å². The predicted molar refractivity (Wildman–Crippen MR) is 85.1 cm³/mol. The molecule has 3 nitrogen and oxygen atoms in total. The van der Waals surface area contributed by atoms with Crippen molar-refractivity contribution < 1.29 is 18.0 Å². The van der Waals surface area contributed by atoms with Crippen LogP contribution in [0.3, 0.4) is 0 Å². The van der Waals surface area contributed by atoms with Crippen LogP contribution in [0.25, 0.3) is 0 Å². The number of carbonyl (C=O) groups is 1. The lowest BCUT2D eigenvalue weighted by Gasteiger charge is -2.30. The van der Waals surface area contributed by atoms with Gasteiger partial charge in [0.2, 0.25) is 0 Å². The van der Waals surface area contributed by atoms with E-state index in [4.69, 9.17) is 0 Å². The third-order valence-electron chi connectivity index (χ3n) is 3.82. The van der Waals surface area contributed by atoms with E-state index in [9.17, 15) is 18.0 Å². The summed E-state index contributed by atoms with van der Waals surface area (Å²) in [5.41, 5.74) is -0.362. The molecule has 1 aromatic rings. The number of benzene rings is 1. The van der Waals surface area contributed by atoms with Crippen molar-refractivity contribution >= 4 is 30.7 Å². The van der Waals surface area contributed by atoms with Crippen LogP contribution in [0.5, 0.6) is 0 Å². The maximum absolute atomic E-state index is 13.3. The van der Waals surface area contributed by atoms with E-state index in [1.165, 1.54) is 4.90 Å². The Morgan fingerprint density at radius 1 is 1.30 bits per heavy atom. The second-order valence-electron chi connectivity index (χ2n) is 5.08. The molecule has 1 atom stereocenters. The molecule has 0 unspecified atom stereocenters. The Bertz CT molecular complexity index is 680. The molecule has 2 aliphatic heterocycles. The van der Waals surface area contributed by atoms with Gasteiger partial charge in [-0.05, 0) is 24.6 Å². The van der Waals surface area contributed by atoms with Gasteiger partial charge in [0.05, 0.1) is 17.2 Å². The standard InChI is InChI=1S/C15H13F3N2O.2ClH/c1-2-3-9-6-10-12-8-19-4-5-20(12)14(21)13(10)11(7-9)15(16,17)18;;/h6-7,12,19H,4-5,8H2,1H3;2*1H/t12-;;/m0../s1. The average molecular weight is 367 g/mol. The minimum absolute atomic E-state index is 0. The summed E-state index contributed by atoms with van der Waals surface area (Å²) in [6.45, 7) is 3.06. The zero-order valence-corrected chi connectivity index (χ0v) is 13.8. The Balaban J connectivity index is 0.00000132. The van der Waals surface area contributed by atoms with Gasteiger partial charge in [0.15, 0.2) is 0 Å². The van der Waals surface area contributed by atoms with Gasteiger partial charge >= 0.3 is 6.18 Å². The van der Waals surface area contributed by atoms with E-state index < -0.39 is 17.6 Å². The van der Waals surface area contributed by atoms with Crippen molar-refractivity contribution in [3.63, 3.8) is 0 Å². The molecule has 8 heteroatoms. The van der Waals surface area contributed by atoms with E-state index in [1.54, 1.807) is 13.0 Å². The topological polar surface area (TPSA) is 32.3 Å². The first-order valence-electron chi connectivity index (χ1n) is 6.63. The van der Waals surface area contributed by atoms with Crippen molar-refractivity contribution in [2.24, 2.45) is 0 Å². The number of hydrogen-bond donors (Lipinski definition) is 1. The van der Waals surface area contributed by atoms with E-state index in [-0.39, 0.29) is 36.4 Å². The third-order valence-corrected chi connectivity index (χ3v) is 3.82. The first-order valence-corrected chi connectivity index (χ1v) is 6.63. The van der Waals surface area contributed by atoms with Gasteiger partial charge in [-0.1, -0.05) is 5.92 Å². The van der Waals surface area contributed by atoms with Crippen molar-refractivity contribution in [2.75, 3.05) is 19.6 Å². The van der Waals surface area contributed by atoms with Crippen LogP contribution in [0.2, 0.25) is 0 Å². The summed E-state index contributed by atoms with van der Waals surface area (Å²) in [7, 11) is 0. The van der Waals surface area contributed by atoms with Gasteiger partial charge in [-0.25, -0.2) is 0 Å². The molecule has 3 rings (SSSR count). The molecule has 0 aromatic heterocycles. The van der Waals surface area contributed by atoms with Crippen LogP contribution in [0.1, 0.15) is 40.0 Å². The van der Waals surface area contributed by atoms with E-state index in [1.807, 2.05) is 0 Å². The van der Waals surface area contributed by atoms with Crippen LogP contribution in [-0.4, -0.2) is 30.4 Å². The normalized spacial score (nSPS) is 18.9. The van der Waals surface area contributed by atoms with Gasteiger partial charge in [0.25, 0.3) is 5.91 Å². The maximum Gasteiger partial charge on any atom is 0.417 e. The zero-order chi connectivity index (χ0) is 15.2. The van der Waals surface area contributed by atoms with Gasteiger partial charge in [-0.15, -0.1) is 30.7 Å². The van der Waals surface area contributed by atoms with Crippen LogP contribution in [0.15, 0.2) is 12.1 Å². The second kappa shape index (κ2) is 7.00. The van der Waals surface area contributed by atoms with Gasteiger partial charge in [0.1, 0.15) is 0 Å². The number of hydrogen-bond acceptors (Lipinski definition) is 2.